The van der Waals surface area contributed by atoms with Crippen molar-refractivity contribution in [3.63, 3.8) is 0 Å². The van der Waals surface area contributed by atoms with Gasteiger partial charge >= 0.3 is 5.69 Å². The Balaban J connectivity index is 2.18. The summed E-state index contributed by atoms with van der Waals surface area (Å²) in [5.41, 5.74) is -0.496. The van der Waals surface area contributed by atoms with Crippen LogP contribution in [0, 0.1) is 11.8 Å². The van der Waals surface area contributed by atoms with E-state index in [4.69, 9.17) is 4.74 Å². The Kier molecular flexibility index (Phi) is 2.62. The van der Waals surface area contributed by atoms with Crippen LogP contribution in [-0.4, -0.2) is 15.6 Å². The van der Waals surface area contributed by atoms with Crippen molar-refractivity contribution in [2.24, 2.45) is 11.8 Å². The molecule has 3 rings (SSSR count). The van der Waals surface area contributed by atoms with Crippen molar-refractivity contribution in [3.05, 3.63) is 26.4 Å². The van der Waals surface area contributed by atoms with E-state index in [0.717, 1.165) is 12.8 Å². The zero-order chi connectivity index (χ0) is 13.8. The number of aromatic nitrogens is 2. The Morgan fingerprint density at radius 1 is 1.21 bits per heavy atom. The Hall–Kier alpha value is -1.52. The van der Waals surface area contributed by atoms with E-state index in [1.165, 1.54) is 6.42 Å². The summed E-state index contributed by atoms with van der Waals surface area (Å²) in [6.07, 6.45) is 3.22. The van der Waals surface area contributed by atoms with Crippen LogP contribution in [0.15, 0.2) is 9.59 Å². The molecule has 1 aromatic rings. The Labute approximate surface area is 111 Å². The third kappa shape index (κ3) is 1.91. The van der Waals surface area contributed by atoms with Crippen molar-refractivity contribution in [1.82, 2.24) is 9.97 Å². The molecule has 5 nitrogen and oxygen atoms in total. The summed E-state index contributed by atoms with van der Waals surface area (Å²) in [5, 5.41) is 0. The standard InChI is InChI=1S/C14H20N2O3/c1-7-4-5-9-8(6-7)10-11(17)15-13(18)16-12(10)19-14(9,2)3/h7-9H,4-6H2,1-3H3,(H2,15,16,17,18)/t7-,8+,9-/m1/s1. The maximum Gasteiger partial charge on any atom is 0.328 e. The number of hydrogen-bond acceptors (Lipinski definition) is 3. The van der Waals surface area contributed by atoms with Crippen molar-refractivity contribution < 1.29 is 4.74 Å². The molecule has 0 bridgehead atoms. The number of ether oxygens (including phenoxy) is 1. The molecule has 19 heavy (non-hydrogen) atoms. The molecule has 1 saturated carbocycles. The number of rotatable bonds is 0. The van der Waals surface area contributed by atoms with E-state index >= 15 is 0 Å². The fraction of sp³-hybridized carbons (Fsp3) is 0.714. The molecule has 2 aliphatic rings. The first-order chi connectivity index (χ1) is 8.88. The first-order valence-electron chi connectivity index (χ1n) is 6.94. The van der Waals surface area contributed by atoms with Gasteiger partial charge in [0, 0.05) is 11.8 Å². The highest BCUT2D eigenvalue weighted by Crippen LogP contribution is 2.50. The number of H-pyrrole nitrogens is 2. The van der Waals surface area contributed by atoms with Crippen LogP contribution in [0.1, 0.15) is 51.5 Å². The van der Waals surface area contributed by atoms with Gasteiger partial charge in [0.2, 0.25) is 5.88 Å². The van der Waals surface area contributed by atoms with Crippen molar-refractivity contribution >= 4 is 0 Å². The van der Waals surface area contributed by atoms with Crippen LogP contribution in [0.2, 0.25) is 0 Å². The monoisotopic (exact) mass is 264 g/mol. The van der Waals surface area contributed by atoms with Crippen LogP contribution in [0.25, 0.3) is 0 Å². The van der Waals surface area contributed by atoms with E-state index in [1.807, 2.05) is 13.8 Å². The number of aromatic amines is 2. The van der Waals surface area contributed by atoms with Crippen LogP contribution in [0.5, 0.6) is 5.88 Å². The van der Waals surface area contributed by atoms with E-state index in [2.05, 4.69) is 16.9 Å². The molecule has 0 unspecified atom stereocenters. The molecule has 2 N–H and O–H groups in total. The van der Waals surface area contributed by atoms with Crippen LogP contribution in [0.4, 0.5) is 0 Å². The second-order valence-electron chi connectivity index (χ2n) is 6.49. The van der Waals surface area contributed by atoms with Gasteiger partial charge in [0.15, 0.2) is 0 Å². The van der Waals surface area contributed by atoms with Crippen molar-refractivity contribution in [3.8, 4) is 5.88 Å². The fourth-order valence-electron chi connectivity index (χ4n) is 3.76. The Morgan fingerprint density at radius 2 is 1.95 bits per heavy atom. The molecule has 1 aromatic heterocycles. The van der Waals surface area contributed by atoms with Gasteiger partial charge in [0.1, 0.15) is 5.60 Å². The molecule has 3 atom stereocenters. The highest BCUT2D eigenvalue weighted by Gasteiger charge is 2.47. The molecule has 0 spiro atoms. The zero-order valence-corrected chi connectivity index (χ0v) is 11.6. The number of fused-ring (bicyclic) bond motifs is 3. The topological polar surface area (TPSA) is 75.0 Å². The lowest BCUT2D eigenvalue weighted by Gasteiger charge is -2.47. The van der Waals surface area contributed by atoms with Gasteiger partial charge in [-0.15, -0.1) is 0 Å². The predicted molar refractivity (Wildman–Crippen MR) is 71.6 cm³/mol. The fourth-order valence-corrected chi connectivity index (χ4v) is 3.76. The van der Waals surface area contributed by atoms with Crippen LogP contribution >= 0.6 is 0 Å². The molecule has 104 valence electrons. The average molecular weight is 264 g/mol. The van der Waals surface area contributed by atoms with E-state index in [-0.39, 0.29) is 17.1 Å². The number of nitrogens with one attached hydrogen (secondary N) is 2. The Morgan fingerprint density at radius 3 is 2.68 bits per heavy atom. The molecule has 0 aromatic carbocycles. The largest absolute Gasteiger partial charge is 0.472 e. The van der Waals surface area contributed by atoms with Gasteiger partial charge in [-0.1, -0.05) is 13.3 Å². The van der Waals surface area contributed by atoms with Gasteiger partial charge in [-0.2, -0.15) is 0 Å². The highest BCUT2D eigenvalue weighted by molar-refractivity contribution is 5.32. The van der Waals surface area contributed by atoms with Crippen molar-refractivity contribution in [2.75, 3.05) is 0 Å². The molecule has 1 fully saturated rings. The molecular formula is C14H20N2O3. The minimum absolute atomic E-state index is 0.183. The SMILES string of the molecule is C[C@@H]1CC[C@@H]2[C@H](C1)c1c([nH]c(=O)[nH]c1=O)OC2(C)C. The summed E-state index contributed by atoms with van der Waals surface area (Å²) in [6.45, 7) is 6.31. The maximum atomic E-state index is 12.1. The lowest BCUT2D eigenvalue weighted by atomic mass is 9.65. The summed E-state index contributed by atoms with van der Waals surface area (Å²) in [4.78, 5) is 28.5. The van der Waals surface area contributed by atoms with E-state index < -0.39 is 5.69 Å². The lowest BCUT2D eigenvalue weighted by molar-refractivity contribution is -0.0187. The van der Waals surface area contributed by atoms with Gasteiger partial charge in [-0.3, -0.25) is 14.8 Å². The van der Waals surface area contributed by atoms with Gasteiger partial charge in [0.25, 0.3) is 5.56 Å². The molecule has 0 saturated heterocycles. The molecule has 1 aliphatic heterocycles. The minimum atomic E-state index is -0.498. The second-order valence-corrected chi connectivity index (χ2v) is 6.49. The van der Waals surface area contributed by atoms with Crippen molar-refractivity contribution in [2.45, 2.75) is 51.6 Å². The zero-order valence-electron chi connectivity index (χ0n) is 11.6. The molecular weight excluding hydrogens is 244 g/mol. The maximum absolute atomic E-state index is 12.1. The Bertz CT molecular complexity index is 614. The van der Waals surface area contributed by atoms with E-state index in [0.29, 0.717) is 23.3 Å². The van der Waals surface area contributed by atoms with Crippen LogP contribution in [-0.2, 0) is 0 Å². The first kappa shape index (κ1) is 12.5. The van der Waals surface area contributed by atoms with Crippen LogP contribution in [0.3, 0.4) is 0 Å². The van der Waals surface area contributed by atoms with Gasteiger partial charge < -0.3 is 4.74 Å². The summed E-state index contributed by atoms with van der Waals surface area (Å²) in [7, 11) is 0. The normalized spacial score (nSPS) is 32.1. The van der Waals surface area contributed by atoms with Gasteiger partial charge in [-0.05, 0) is 32.6 Å². The van der Waals surface area contributed by atoms with Crippen LogP contribution < -0.4 is 16.0 Å². The summed E-state index contributed by atoms with van der Waals surface area (Å²) in [5.74, 6) is 1.50. The van der Waals surface area contributed by atoms with Crippen molar-refractivity contribution in [1.29, 1.82) is 0 Å². The van der Waals surface area contributed by atoms with E-state index in [9.17, 15) is 9.59 Å². The minimum Gasteiger partial charge on any atom is -0.472 e. The quantitative estimate of drug-likeness (QED) is 0.749. The third-order valence-electron chi connectivity index (χ3n) is 4.68. The van der Waals surface area contributed by atoms with Gasteiger partial charge in [-0.25, -0.2) is 4.79 Å². The smallest absolute Gasteiger partial charge is 0.328 e. The summed E-state index contributed by atoms with van der Waals surface area (Å²) in [6, 6.07) is 0. The van der Waals surface area contributed by atoms with E-state index in [1.54, 1.807) is 0 Å². The molecule has 0 amide bonds. The summed E-state index contributed by atoms with van der Waals surface area (Å²) < 4.78 is 5.91. The summed E-state index contributed by atoms with van der Waals surface area (Å²) >= 11 is 0. The highest BCUT2D eigenvalue weighted by atomic mass is 16.5. The van der Waals surface area contributed by atoms with Gasteiger partial charge in [0.05, 0.1) is 5.56 Å². The molecule has 1 aliphatic carbocycles. The average Bonchev–Trinajstić information content (AvgIpc) is 2.25. The predicted octanol–water partition coefficient (Wildman–Crippen LogP) is 1.75. The lowest BCUT2D eigenvalue weighted by Crippen LogP contribution is -2.49. The number of hydrogen-bond donors (Lipinski definition) is 2. The molecule has 2 heterocycles. The molecule has 5 heteroatoms. The first-order valence-corrected chi connectivity index (χ1v) is 6.94. The molecule has 0 radical (unpaired) electrons. The second kappa shape index (κ2) is 3.99. The third-order valence-corrected chi connectivity index (χ3v) is 4.68.